The van der Waals surface area contributed by atoms with Crippen molar-refractivity contribution >= 4 is 22.4 Å². The Hall–Kier alpha value is -1.17. The first-order chi connectivity index (χ1) is 7.20. The molecule has 1 fully saturated rings. The molecule has 1 saturated carbocycles. The molecule has 0 spiro atoms. The lowest BCUT2D eigenvalue weighted by Crippen LogP contribution is -2.37. The number of nitrogens with zero attached hydrogens (tertiary/aromatic N) is 2. The minimum absolute atomic E-state index is 0.159. The van der Waals surface area contributed by atoms with Gasteiger partial charge in [-0.15, -0.1) is 10.2 Å². The van der Waals surface area contributed by atoms with Gasteiger partial charge in [0.05, 0.1) is 12.0 Å². The average Bonchev–Trinajstić information content (AvgIpc) is 2.76. The number of rotatable bonds is 4. The van der Waals surface area contributed by atoms with Crippen LogP contribution in [0.4, 0.5) is 5.13 Å². The van der Waals surface area contributed by atoms with Crippen LogP contribution in [0, 0.1) is 0 Å². The van der Waals surface area contributed by atoms with Crippen LogP contribution in [0.25, 0.3) is 0 Å². The molecule has 0 bridgehead atoms. The molecular weight excluding hydrogens is 214 g/mol. The van der Waals surface area contributed by atoms with Crippen molar-refractivity contribution in [2.45, 2.75) is 37.6 Å². The predicted octanol–water partition coefficient (Wildman–Crippen LogP) is 1.74. The molecule has 0 saturated heterocycles. The molecule has 1 aliphatic carbocycles. The Balaban J connectivity index is 2.09. The van der Waals surface area contributed by atoms with Crippen LogP contribution < -0.4 is 5.32 Å². The zero-order valence-corrected chi connectivity index (χ0v) is 9.09. The zero-order chi connectivity index (χ0) is 10.7. The van der Waals surface area contributed by atoms with Gasteiger partial charge in [-0.1, -0.05) is 24.2 Å². The van der Waals surface area contributed by atoms with Gasteiger partial charge in [-0.05, 0) is 12.8 Å². The molecule has 1 heterocycles. The summed E-state index contributed by atoms with van der Waals surface area (Å²) in [6.45, 7) is 0. The summed E-state index contributed by atoms with van der Waals surface area (Å²) in [5.41, 5.74) is 1.34. The van der Waals surface area contributed by atoms with Gasteiger partial charge in [-0.25, -0.2) is 0 Å². The van der Waals surface area contributed by atoms with Gasteiger partial charge in [0.25, 0.3) is 0 Å². The van der Waals surface area contributed by atoms with Gasteiger partial charge >= 0.3 is 5.97 Å². The molecule has 0 unspecified atom stereocenters. The van der Waals surface area contributed by atoms with Crippen molar-refractivity contribution in [3.05, 3.63) is 5.51 Å². The van der Waals surface area contributed by atoms with Gasteiger partial charge in [-0.2, -0.15) is 0 Å². The summed E-state index contributed by atoms with van der Waals surface area (Å²) in [7, 11) is 0. The summed E-state index contributed by atoms with van der Waals surface area (Å²) in [6.07, 6.45) is 4.13. The summed E-state index contributed by atoms with van der Waals surface area (Å²) >= 11 is 1.41. The largest absolute Gasteiger partial charge is 0.481 e. The fraction of sp³-hybridized carbons (Fsp3) is 0.667. The van der Waals surface area contributed by atoms with Gasteiger partial charge in [0.2, 0.25) is 5.13 Å². The van der Waals surface area contributed by atoms with Crippen molar-refractivity contribution in [2.75, 3.05) is 5.32 Å². The van der Waals surface area contributed by atoms with E-state index in [2.05, 4.69) is 15.5 Å². The summed E-state index contributed by atoms with van der Waals surface area (Å²) < 4.78 is 0. The van der Waals surface area contributed by atoms with Crippen LogP contribution in [0.1, 0.15) is 32.1 Å². The smallest absolute Gasteiger partial charge is 0.305 e. The Morgan fingerprint density at radius 1 is 1.60 bits per heavy atom. The lowest BCUT2D eigenvalue weighted by molar-refractivity contribution is -0.138. The Bertz CT molecular complexity index is 333. The first-order valence-electron chi connectivity index (χ1n) is 4.96. The monoisotopic (exact) mass is 227 g/mol. The lowest BCUT2D eigenvalue weighted by Gasteiger charge is -2.27. The Labute approximate surface area is 91.5 Å². The standard InChI is InChI=1S/C9H13N3O2S/c13-7(14)5-9(3-1-2-4-9)11-8-12-10-6-15-8/h6H,1-5H2,(H,11,12)(H,13,14). The van der Waals surface area contributed by atoms with E-state index in [4.69, 9.17) is 5.11 Å². The molecule has 0 radical (unpaired) electrons. The lowest BCUT2D eigenvalue weighted by atomic mass is 9.94. The van der Waals surface area contributed by atoms with Crippen LogP contribution in [0.15, 0.2) is 5.51 Å². The van der Waals surface area contributed by atoms with E-state index in [0.717, 1.165) is 30.8 Å². The zero-order valence-electron chi connectivity index (χ0n) is 8.27. The van der Waals surface area contributed by atoms with Crippen LogP contribution in [0.5, 0.6) is 0 Å². The average molecular weight is 227 g/mol. The van der Waals surface area contributed by atoms with Crippen molar-refractivity contribution in [1.82, 2.24) is 10.2 Å². The third-order valence-electron chi connectivity index (χ3n) is 2.78. The Morgan fingerprint density at radius 2 is 2.33 bits per heavy atom. The van der Waals surface area contributed by atoms with E-state index in [1.165, 1.54) is 11.3 Å². The summed E-state index contributed by atoms with van der Waals surface area (Å²) in [6, 6.07) is 0. The highest BCUT2D eigenvalue weighted by Crippen LogP contribution is 2.36. The number of aliphatic carboxylic acids is 1. The number of hydrogen-bond acceptors (Lipinski definition) is 5. The molecule has 2 N–H and O–H groups in total. The van der Waals surface area contributed by atoms with E-state index >= 15 is 0 Å². The highest BCUT2D eigenvalue weighted by molar-refractivity contribution is 7.13. The Morgan fingerprint density at radius 3 is 2.87 bits per heavy atom. The summed E-state index contributed by atoms with van der Waals surface area (Å²) in [5, 5.41) is 20.5. The van der Waals surface area contributed by atoms with Crippen LogP contribution in [0.3, 0.4) is 0 Å². The van der Waals surface area contributed by atoms with Gasteiger partial charge in [0.1, 0.15) is 5.51 Å². The second-order valence-corrected chi connectivity index (χ2v) is 4.76. The van der Waals surface area contributed by atoms with Crippen molar-refractivity contribution < 1.29 is 9.90 Å². The fourth-order valence-electron chi connectivity index (χ4n) is 2.14. The van der Waals surface area contributed by atoms with Crippen LogP contribution >= 0.6 is 11.3 Å². The number of nitrogens with one attached hydrogen (secondary N) is 1. The molecule has 5 nitrogen and oxygen atoms in total. The number of anilines is 1. The first kappa shape index (κ1) is 10.4. The normalized spacial score (nSPS) is 18.9. The van der Waals surface area contributed by atoms with Gasteiger partial charge in [0, 0.05) is 0 Å². The highest BCUT2D eigenvalue weighted by atomic mass is 32.1. The molecule has 0 atom stereocenters. The van der Waals surface area contributed by atoms with Gasteiger partial charge in [0.15, 0.2) is 0 Å². The van der Waals surface area contributed by atoms with E-state index in [1.54, 1.807) is 5.51 Å². The van der Waals surface area contributed by atoms with Crippen LogP contribution in [0.2, 0.25) is 0 Å². The molecule has 0 aromatic carbocycles. The van der Waals surface area contributed by atoms with Crippen LogP contribution in [-0.2, 0) is 4.79 Å². The second-order valence-electron chi connectivity index (χ2n) is 3.93. The molecular formula is C9H13N3O2S. The van der Waals surface area contributed by atoms with E-state index in [9.17, 15) is 4.79 Å². The molecule has 1 aromatic rings. The molecule has 82 valence electrons. The van der Waals surface area contributed by atoms with Crippen molar-refractivity contribution in [1.29, 1.82) is 0 Å². The maximum Gasteiger partial charge on any atom is 0.305 e. The molecule has 0 aliphatic heterocycles. The second kappa shape index (κ2) is 4.14. The molecule has 0 amide bonds. The molecule has 1 aromatic heterocycles. The fourth-order valence-corrected chi connectivity index (χ4v) is 2.71. The molecule has 2 rings (SSSR count). The maximum atomic E-state index is 10.8. The van der Waals surface area contributed by atoms with Crippen LogP contribution in [-0.4, -0.2) is 26.8 Å². The third kappa shape index (κ3) is 2.44. The summed E-state index contributed by atoms with van der Waals surface area (Å²) in [4.78, 5) is 10.8. The molecule has 1 aliphatic rings. The van der Waals surface area contributed by atoms with Crippen molar-refractivity contribution in [3.8, 4) is 0 Å². The maximum absolute atomic E-state index is 10.8. The topological polar surface area (TPSA) is 75.1 Å². The number of aromatic nitrogens is 2. The number of carboxylic acids is 1. The minimum Gasteiger partial charge on any atom is -0.481 e. The van der Waals surface area contributed by atoms with E-state index in [1.807, 2.05) is 0 Å². The third-order valence-corrected chi connectivity index (χ3v) is 3.39. The predicted molar refractivity (Wildman–Crippen MR) is 57.0 cm³/mol. The van der Waals surface area contributed by atoms with Gasteiger partial charge in [-0.3, -0.25) is 4.79 Å². The van der Waals surface area contributed by atoms with E-state index < -0.39 is 5.97 Å². The summed E-state index contributed by atoms with van der Waals surface area (Å²) in [5.74, 6) is -0.756. The highest BCUT2D eigenvalue weighted by Gasteiger charge is 2.36. The Kier molecular flexibility index (Phi) is 2.86. The number of carboxylic acid groups (broad SMARTS) is 1. The van der Waals surface area contributed by atoms with Crippen molar-refractivity contribution in [3.63, 3.8) is 0 Å². The first-order valence-corrected chi connectivity index (χ1v) is 5.84. The van der Waals surface area contributed by atoms with E-state index in [0.29, 0.717) is 0 Å². The van der Waals surface area contributed by atoms with Crippen molar-refractivity contribution in [2.24, 2.45) is 0 Å². The minimum atomic E-state index is -0.756. The van der Waals surface area contributed by atoms with Gasteiger partial charge < -0.3 is 10.4 Å². The quantitative estimate of drug-likeness (QED) is 0.819. The number of carbonyl (C=O) groups is 1. The SMILES string of the molecule is O=C(O)CC1(Nc2nncs2)CCCC1. The molecule has 15 heavy (non-hydrogen) atoms. The molecule has 6 heteroatoms. The number of hydrogen-bond donors (Lipinski definition) is 2. The van der Waals surface area contributed by atoms with E-state index in [-0.39, 0.29) is 12.0 Å².